The molecule has 142 valence electrons. The Kier molecular flexibility index (Phi) is 4.26. The van der Waals surface area contributed by atoms with Crippen molar-refractivity contribution in [2.24, 2.45) is 0 Å². The van der Waals surface area contributed by atoms with Crippen molar-refractivity contribution in [3.05, 3.63) is 75.7 Å². The average molecular weight is 405 g/mol. The minimum absolute atomic E-state index is 0.00654. The number of hydrogen-bond donors (Lipinski definition) is 0. The number of aromatic nitrogens is 3. The van der Waals surface area contributed by atoms with Crippen LogP contribution in [-0.2, 0) is 5.92 Å². The molecule has 0 atom stereocenters. The highest BCUT2D eigenvalue weighted by atomic mass is 32.1. The molecule has 0 fully saturated rings. The van der Waals surface area contributed by atoms with E-state index in [2.05, 4.69) is 9.97 Å². The largest absolute Gasteiger partial charge is 0.302 e. The van der Waals surface area contributed by atoms with Crippen molar-refractivity contribution in [3.8, 4) is 16.4 Å². The normalized spacial score (nSPS) is 11.9. The number of thiazole rings is 1. The average Bonchev–Trinajstić information content (AvgIpc) is 3.10. The lowest BCUT2D eigenvalue weighted by Gasteiger charge is -2.16. The second-order valence-corrected chi connectivity index (χ2v) is 6.98. The van der Waals surface area contributed by atoms with E-state index in [-0.39, 0.29) is 16.0 Å². The lowest BCUT2D eigenvalue weighted by atomic mass is 10.2. The molecule has 0 N–H and O–H groups in total. The fourth-order valence-electron chi connectivity index (χ4n) is 2.75. The Hall–Kier alpha value is -3.07. The third-order valence-electron chi connectivity index (χ3n) is 4.05. The van der Waals surface area contributed by atoms with Gasteiger partial charge in [0, 0.05) is 23.9 Å². The van der Waals surface area contributed by atoms with E-state index in [9.17, 15) is 22.4 Å². The van der Waals surface area contributed by atoms with E-state index in [0.29, 0.717) is 18.2 Å². The standard InChI is InChI=1S/C19H11F4N3OS/c1-19(22,23)17-24-14-8-12(21)6-7-13(14)16(27)26(17)18-25-15(9-28-18)10-2-4-11(20)5-3-10/h2-9H,1H3. The summed E-state index contributed by atoms with van der Waals surface area (Å²) in [4.78, 5) is 21.0. The van der Waals surface area contributed by atoms with Gasteiger partial charge >= 0.3 is 5.92 Å². The molecule has 0 amide bonds. The molecule has 4 aromatic rings. The highest BCUT2D eigenvalue weighted by molar-refractivity contribution is 7.12. The first-order chi connectivity index (χ1) is 13.2. The molecule has 2 aromatic heterocycles. The van der Waals surface area contributed by atoms with Gasteiger partial charge in [-0.05, 0) is 36.4 Å². The third-order valence-corrected chi connectivity index (χ3v) is 4.87. The van der Waals surface area contributed by atoms with Gasteiger partial charge < -0.3 is 0 Å². The van der Waals surface area contributed by atoms with Crippen LogP contribution in [0.2, 0.25) is 0 Å². The molecule has 4 nitrogen and oxygen atoms in total. The summed E-state index contributed by atoms with van der Waals surface area (Å²) < 4.78 is 55.7. The predicted molar refractivity (Wildman–Crippen MR) is 97.9 cm³/mol. The summed E-state index contributed by atoms with van der Waals surface area (Å²) in [5.41, 5.74) is 0.0312. The van der Waals surface area contributed by atoms with Crippen LogP contribution < -0.4 is 5.56 Å². The van der Waals surface area contributed by atoms with E-state index >= 15 is 0 Å². The highest BCUT2D eigenvalue weighted by Gasteiger charge is 2.33. The van der Waals surface area contributed by atoms with Crippen molar-refractivity contribution < 1.29 is 17.6 Å². The second-order valence-electron chi connectivity index (χ2n) is 6.15. The lowest BCUT2D eigenvalue weighted by molar-refractivity contribution is 0.00531. The Bertz CT molecular complexity index is 1240. The quantitative estimate of drug-likeness (QED) is 0.456. The summed E-state index contributed by atoms with van der Waals surface area (Å²) in [6, 6.07) is 8.67. The monoisotopic (exact) mass is 405 g/mol. The molecule has 2 heterocycles. The highest BCUT2D eigenvalue weighted by Crippen LogP contribution is 2.30. The number of hydrogen-bond acceptors (Lipinski definition) is 4. The zero-order chi connectivity index (χ0) is 20.1. The van der Waals surface area contributed by atoms with E-state index < -0.39 is 28.9 Å². The van der Waals surface area contributed by atoms with Crippen LogP contribution in [0.25, 0.3) is 27.3 Å². The summed E-state index contributed by atoms with van der Waals surface area (Å²) in [6.45, 7) is 0.602. The lowest BCUT2D eigenvalue weighted by Crippen LogP contribution is -2.29. The van der Waals surface area contributed by atoms with Crippen LogP contribution in [0.1, 0.15) is 12.7 Å². The Morgan fingerprint density at radius 2 is 1.68 bits per heavy atom. The molecule has 0 unspecified atom stereocenters. The Morgan fingerprint density at radius 1 is 1.00 bits per heavy atom. The first-order valence-electron chi connectivity index (χ1n) is 8.06. The fraction of sp³-hybridized carbons (Fsp3) is 0.105. The predicted octanol–water partition coefficient (Wildman–Crippen LogP) is 4.90. The molecule has 0 radical (unpaired) electrons. The Balaban J connectivity index is 1.95. The first kappa shape index (κ1) is 18.3. The molecule has 2 aromatic carbocycles. The summed E-state index contributed by atoms with van der Waals surface area (Å²) in [5, 5.41) is 1.55. The second kappa shape index (κ2) is 6.52. The van der Waals surface area contributed by atoms with Crippen molar-refractivity contribution in [2.75, 3.05) is 0 Å². The van der Waals surface area contributed by atoms with Gasteiger partial charge in [0.05, 0.1) is 16.6 Å². The van der Waals surface area contributed by atoms with Gasteiger partial charge in [0.25, 0.3) is 5.56 Å². The van der Waals surface area contributed by atoms with Gasteiger partial charge in [0.1, 0.15) is 11.6 Å². The number of rotatable bonds is 3. The third kappa shape index (κ3) is 3.18. The smallest absolute Gasteiger partial charge is 0.268 e. The zero-order valence-corrected chi connectivity index (χ0v) is 15.1. The number of halogens is 4. The van der Waals surface area contributed by atoms with Crippen molar-refractivity contribution in [3.63, 3.8) is 0 Å². The summed E-state index contributed by atoms with van der Waals surface area (Å²) in [7, 11) is 0. The maximum Gasteiger partial charge on any atom is 0.302 e. The number of nitrogens with zero attached hydrogens (tertiary/aromatic N) is 3. The molecule has 0 aliphatic carbocycles. The van der Waals surface area contributed by atoms with Crippen LogP contribution in [0, 0.1) is 11.6 Å². The Morgan fingerprint density at radius 3 is 2.36 bits per heavy atom. The molecule has 0 bridgehead atoms. The molecular formula is C19H11F4N3OS. The first-order valence-corrected chi connectivity index (χ1v) is 8.94. The summed E-state index contributed by atoms with van der Waals surface area (Å²) in [6.07, 6.45) is 0. The van der Waals surface area contributed by atoms with Crippen LogP contribution in [-0.4, -0.2) is 14.5 Å². The van der Waals surface area contributed by atoms with Gasteiger partial charge in [-0.1, -0.05) is 0 Å². The molecule has 4 rings (SSSR count). The number of alkyl halides is 2. The van der Waals surface area contributed by atoms with Crippen molar-refractivity contribution >= 4 is 22.2 Å². The van der Waals surface area contributed by atoms with Crippen LogP contribution in [0.5, 0.6) is 0 Å². The molecule has 0 aliphatic rings. The SMILES string of the molecule is CC(F)(F)c1nc2cc(F)ccc2c(=O)n1-c1nc(-c2ccc(F)cc2)cs1. The Labute approximate surface area is 159 Å². The van der Waals surface area contributed by atoms with E-state index in [0.717, 1.165) is 28.0 Å². The van der Waals surface area contributed by atoms with Crippen molar-refractivity contribution in [2.45, 2.75) is 12.8 Å². The molecule has 0 spiro atoms. The minimum atomic E-state index is -3.47. The topological polar surface area (TPSA) is 47.8 Å². The van der Waals surface area contributed by atoms with Gasteiger partial charge in [-0.25, -0.2) is 23.3 Å². The van der Waals surface area contributed by atoms with Crippen LogP contribution in [0.15, 0.2) is 52.6 Å². The molecule has 9 heteroatoms. The zero-order valence-electron chi connectivity index (χ0n) is 14.3. The van der Waals surface area contributed by atoms with Crippen LogP contribution in [0.4, 0.5) is 17.6 Å². The fourth-order valence-corrected chi connectivity index (χ4v) is 3.58. The van der Waals surface area contributed by atoms with Gasteiger partial charge in [0.2, 0.25) is 0 Å². The molecule has 28 heavy (non-hydrogen) atoms. The van der Waals surface area contributed by atoms with E-state index in [1.807, 2.05) is 0 Å². The van der Waals surface area contributed by atoms with E-state index in [1.165, 1.54) is 30.3 Å². The number of benzene rings is 2. The number of fused-ring (bicyclic) bond motifs is 1. The molecule has 0 aliphatic heterocycles. The van der Waals surface area contributed by atoms with Crippen LogP contribution in [0.3, 0.4) is 0 Å². The van der Waals surface area contributed by atoms with Crippen molar-refractivity contribution in [1.82, 2.24) is 14.5 Å². The van der Waals surface area contributed by atoms with Gasteiger partial charge in [-0.2, -0.15) is 8.78 Å². The van der Waals surface area contributed by atoms with Crippen molar-refractivity contribution in [1.29, 1.82) is 0 Å². The molecule has 0 saturated carbocycles. The van der Waals surface area contributed by atoms with Gasteiger partial charge in [-0.3, -0.25) is 4.79 Å². The minimum Gasteiger partial charge on any atom is -0.268 e. The van der Waals surface area contributed by atoms with Gasteiger partial charge in [0.15, 0.2) is 11.0 Å². The summed E-state index contributed by atoms with van der Waals surface area (Å²) >= 11 is 0.969. The molecule has 0 saturated heterocycles. The summed E-state index contributed by atoms with van der Waals surface area (Å²) in [5.74, 6) is -5.42. The molecular weight excluding hydrogens is 394 g/mol. The maximum atomic E-state index is 14.2. The van der Waals surface area contributed by atoms with E-state index in [1.54, 1.807) is 5.38 Å². The van der Waals surface area contributed by atoms with Gasteiger partial charge in [-0.15, -0.1) is 11.3 Å². The maximum absolute atomic E-state index is 14.2. The van der Waals surface area contributed by atoms with Crippen LogP contribution >= 0.6 is 11.3 Å². The van der Waals surface area contributed by atoms with E-state index in [4.69, 9.17) is 0 Å².